The quantitative estimate of drug-likeness (QED) is 0.659. The van der Waals surface area contributed by atoms with E-state index in [1.807, 2.05) is 18.0 Å². The van der Waals surface area contributed by atoms with Crippen LogP contribution in [0.3, 0.4) is 0 Å². The molecule has 1 amide bonds. The first-order valence-electron chi connectivity index (χ1n) is 8.03. The molecule has 1 aromatic rings. The maximum atomic E-state index is 12.3. The van der Waals surface area contributed by atoms with Gasteiger partial charge in [-0.05, 0) is 6.07 Å². The monoisotopic (exact) mass is 445 g/mol. The summed E-state index contributed by atoms with van der Waals surface area (Å²) in [5.74, 6) is 1.82. The van der Waals surface area contributed by atoms with Crippen molar-refractivity contribution in [3.8, 4) is 0 Å². The average Bonchev–Trinajstić information content (AvgIpc) is 3.01. The zero-order valence-electron chi connectivity index (χ0n) is 13.9. The van der Waals surface area contributed by atoms with Crippen LogP contribution in [-0.2, 0) is 4.79 Å². The van der Waals surface area contributed by atoms with E-state index in [0.717, 1.165) is 51.2 Å². The fourth-order valence-electron chi connectivity index (χ4n) is 2.77. The molecule has 1 aromatic heterocycles. The molecule has 1 N–H and O–H groups in total. The number of anilines is 1. The second kappa shape index (κ2) is 9.00. The predicted octanol–water partition coefficient (Wildman–Crippen LogP) is 0.0243. The molecule has 24 heavy (non-hydrogen) atoms. The number of carbonyl (C=O) groups is 1. The zero-order chi connectivity index (χ0) is 16.1. The Morgan fingerprint density at radius 1 is 1.17 bits per heavy atom. The highest BCUT2D eigenvalue weighted by molar-refractivity contribution is 14.0. The van der Waals surface area contributed by atoms with Crippen molar-refractivity contribution in [3.05, 3.63) is 18.5 Å². The highest BCUT2D eigenvalue weighted by Crippen LogP contribution is 2.10. The summed E-state index contributed by atoms with van der Waals surface area (Å²) in [6, 6.07) is 1.81. The maximum absolute atomic E-state index is 12.3. The highest BCUT2D eigenvalue weighted by Gasteiger charge is 2.22. The van der Waals surface area contributed by atoms with Crippen LogP contribution < -0.4 is 10.2 Å². The van der Waals surface area contributed by atoms with E-state index in [4.69, 9.17) is 0 Å². The summed E-state index contributed by atoms with van der Waals surface area (Å²) in [5.41, 5.74) is 0. The van der Waals surface area contributed by atoms with Crippen LogP contribution >= 0.6 is 24.0 Å². The summed E-state index contributed by atoms with van der Waals surface area (Å²) in [7, 11) is 2.01. The third-order valence-electron chi connectivity index (χ3n) is 4.15. The van der Waals surface area contributed by atoms with Crippen LogP contribution in [-0.4, -0.2) is 84.5 Å². The van der Waals surface area contributed by atoms with E-state index in [2.05, 4.69) is 30.1 Å². The van der Waals surface area contributed by atoms with Crippen LogP contribution in [0.1, 0.15) is 6.42 Å². The Kier molecular flexibility index (Phi) is 7.00. The van der Waals surface area contributed by atoms with Crippen LogP contribution in [0.25, 0.3) is 0 Å². The van der Waals surface area contributed by atoms with Gasteiger partial charge in [0.1, 0.15) is 0 Å². The van der Waals surface area contributed by atoms with Gasteiger partial charge in [-0.15, -0.1) is 24.0 Å². The lowest BCUT2D eigenvalue weighted by Crippen LogP contribution is -2.49. The second-order valence-electron chi connectivity index (χ2n) is 5.72. The molecule has 0 bridgehead atoms. The molecule has 8 nitrogen and oxygen atoms in total. The van der Waals surface area contributed by atoms with Crippen molar-refractivity contribution in [2.75, 3.05) is 57.8 Å². The van der Waals surface area contributed by atoms with E-state index in [0.29, 0.717) is 13.0 Å². The SMILES string of the molecule is CN1CCN=C1NCCC(=O)N1CCN(c2ncccn2)CC1.I. The van der Waals surface area contributed by atoms with E-state index in [1.165, 1.54) is 0 Å². The highest BCUT2D eigenvalue weighted by atomic mass is 127. The van der Waals surface area contributed by atoms with Gasteiger partial charge >= 0.3 is 0 Å². The van der Waals surface area contributed by atoms with Gasteiger partial charge in [0.25, 0.3) is 0 Å². The summed E-state index contributed by atoms with van der Waals surface area (Å²) in [4.78, 5) is 31.3. The molecule has 1 fully saturated rings. The number of rotatable bonds is 4. The molecule has 9 heteroatoms. The van der Waals surface area contributed by atoms with Crippen LogP contribution in [0.5, 0.6) is 0 Å². The number of likely N-dealkylation sites (N-methyl/N-ethyl adjacent to an activating group) is 1. The average molecular weight is 445 g/mol. The van der Waals surface area contributed by atoms with Crippen molar-refractivity contribution in [2.24, 2.45) is 4.99 Å². The van der Waals surface area contributed by atoms with Gasteiger partial charge in [-0.25, -0.2) is 9.97 Å². The molecule has 0 radical (unpaired) electrons. The van der Waals surface area contributed by atoms with Gasteiger partial charge in [-0.2, -0.15) is 0 Å². The maximum Gasteiger partial charge on any atom is 0.225 e. The third-order valence-corrected chi connectivity index (χ3v) is 4.15. The number of halogens is 1. The Bertz CT molecular complexity index is 560. The molecule has 2 aliphatic rings. The minimum atomic E-state index is 0. The second-order valence-corrected chi connectivity index (χ2v) is 5.72. The summed E-state index contributed by atoms with van der Waals surface area (Å²) >= 11 is 0. The number of guanidine groups is 1. The minimum Gasteiger partial charge on any atom is -0.356 e. The largest absolute Gasteiger partial charge is 0.356 e. The fourth-order valence-corrected chi connectivity index (χ4v) is 2.77. The molecular formula is C15H24IN7O. The van der Waals surface area contributed by atoms with Crippen LogP contribution in [0.15, 0.2) is 23.5 Å². The molecular weight excluding hydrogens is 421 g/mol. The normalized spacial score (nSPS) is 17.4. The number of carbonyl (C=O) groups excluding carboxylic acids is 1. The number of hydrogen-bond donors (Lipinski definition) is 1. The Labute approximate surface area is 159 Å². The number of nitrogens with one attached hydrogen (secondary N) is 1. The number of aromatic nitrogens is 2. The number of amides is 1. The van der Waals surface area contributed by atoms with Gasteiger partial charge in [-0.3, -0.25) is 9.79 Å². The molecule has 0 atom stereocenters. The van der Waals surface area contributed by atoms with Gasteiger partial charge < -0.3 is 20.0 Å². The van der Waals surface area contributed by atoms with Crippen molar-refractivity contribution in [3.63, 3.8) is 0 Å². The van der Waals surface area contributed by atoms with Crippen molar-refractivity contribution in [1.82, 2.24) is 25.1 Å². The van der Waals surface area contributed by atoms with Crippen molar-refractivity contribution in [1.29, 1.82) is 0 Å². The minimum absolute atomic E-state index is 0. The van der Waals surface area contributed by atoms with E-state index < -0.39 is 0 Å². The molecule has 132 valence electrons. The molecule has 3 heterocycles. The predicted molar refractivity (Wildman–Crippen MR) is 104 cm³/mol. The van der Waals surface area contributed by atoms with Crippen LogP contribution in [0, 0.1) is 0 Å². The van der Waals surface area contributed by atoms with Gasteiger partial charge in [0.2, 0.25) is 11.9 Å². The third kappa shape index (κ3) is 4.68. The summed E-state index contributed by atoms with van der Waals surface area (Å²) in [5, 5.41) is 3.23. The molecule has 3 rings (SSSR count). The fraction of sp³-hybridized carbons (Fsp3) is 0.600. The zero-order valence-corrected chi connectivity index (χ0v) is 16.2. The molecule has 2 aliphatic heterocycles. The Morgan fingerprint density at radius 2 is 1.88 bits per heavy atom. The van der Waals surface area contributed by atoms with Gasteiger partial charge in [0.15, 0.2) is 5.96 Å². The van der Waals surface area contributed by atoms with Gasteiger partial charge in [-0.1, -0.05) is 0 Å². The Hall–Kier alpha value is -1.65. The van der Waals surface area contributed by atoms with Gasteiger partial charge in [0, 0.05) is 65.1 Å². The topological polar surface area (TPSA) is 77.0 Å². The number of aliphatic imine (C=N–C) groups is 1. The lowest BCUT2D eigenvalue weighted by atomic mass is 10.3. The summed E-state index contributed by atoms with van der Waals surface area (Å²) in [6.07, 6.45) is 3.98. The van der Waals surface area contributed by atoms with E-state index in [-0.39, 0.29) is 29.9 Å². The molecule has 0 aromatic carbocycles. The number of piperazine rings is 1. The van der Waals surface area contributed by atoms with Crippen LogP contribution in [0.4, 0.5) is 5.95 Å². The van der Waals surface area contributed by atoms with Crippen LogP contribution in [0.2, 0.25) is 0 Å². The van der Waals surface area contributed by atoms with Gasteiger partial charge in [0.05, 0.1) is 6.54 Å². The standard InChI is InChI=1S/C15H23N7O.HI/c1-20-8-7-19-14(20)18-6-3-13(23)21-9-11-22(12-10-21)15-16-4-2-5-17-15;/h2,4-5H,3,6-12H2,1H3,(H,18,19);1H. The van der Waals surface area contributed by atoms with Crippen molar-refractivity contribution in [2.45, 2.75) is 6.42 Å². The lowest BCUT2D eigenvalue weighted by Gasteiger charge is -2.34. The molecule has 1 saturated heterocycles. The molecule has 0 unspecified atom stereocenters. The first kappa shape index (κ1) is 18.7. The Morgan fingerprint density at radius 3 is 2.50 bits per heavy atom. The lowest BCUT2D eigenvalue weighted by molar-refractivity contribution is -0.131. The van der Waals surface area contributed by atoms with Crippen molar-refractivity contribution < 1.29 is 4.79 Å². The number of hydrogen-bond acceptors (Lipinski definition) is 7. The Balaban J connectivity index is 0.00000208. The number of nitrogens with zero attached hydrogens (tertiary/aromatic N) is 6. The van der Waals surface area contributed by atoms with Crippen molar-refractivity contribution >= 4 is 41.8 Å². The first-order chi connectivity index (χ1) is 11.2. The molecule has 0 spiro atoms. The molecule has 0 saturated carbocycles. The van der Waals surface area contributed by atoms with E-state index >= 15 is 0 Å². The first-order valence-corrected chi connectivity index (χ1v) is 8.03. The summed E-state index contributed by atoms with van der Waals surface area (Å²) in [6.45, 7) is 5.40. The summed E-state index contributed by atoms with van der Waals surface area (Å²) < 4.78 is 0. The smallest absolute Gasteiger partial charge is 0.225 e. The van der Waals surface area contributed by atoms with E-state index in [1.54, 1.807) is 12.4 Å². The van der Waals surface area contributed by atoms with E-state index in [9.17, 15) is 4.79 Å². The molecule has 0 aliphatic carbocycles.